The molecule has 1 aliphatic heterocycles. The summed E-state index contributed by atoms with van der Waals surface area (Å²) >= 11 is 4.07. The first kappa shape index (κ1) is 17.0. The first-order chi connectivity index (χ1) is 10.3. The molecule has 1 atom stereocenters. The van der Waals surface area contributed by atoms with Gasteiger partial charge in [-0.3, -0.25) is 9.59 Å². The quantitative estimate of drug-likeness (QED) is 0.856. The number of aromatic carboxylic acids is 1. The highest BCUT2D eigenvalue weighted by molar-refractivity contribution is 9.10. The van der Waals surface area contributed by atoms with E-state index in [1.165, 1.54) is 11.8 Å². The highest BCUT2D eigenvalue weighted by Gasteiger charge is 2.33. The minimum Gasteiger partial charge on any atom is -0.478 e. The number of benzene rings is 1. The standard InChI is InChI=1S/C14H13BrFNO4S/c1-7(18)22-6-8-2-13(19)17(5-8)12-4-11(16)10(15)3-9(12)14(20)21/h3-4,8H,2,5-6H2,1H3,(H,20,21). The van der Waals surface area contributed by atoms with E-state index in [4.69, 9.17) is 0 Å². The Morgan fingerprint density at radius 2 is 2.18 bits per heavy atom. The van der Waals surface area contributed by atoms with Crippen LogP contribution in [0.5, 0.6) is 0 Å². The number of anilines is 1. The first-order valence-corrected chi connectivity index (χ1v) is 8.23. The van der Waals surface area contributed by atoms with Crippen molar-refractivity contribution in [1.29, 1.82) is 0 Å². The molecule has 1 N–H and O–H groups in total. The Labute approximate surface area is 139 Å². The maximum absolute atomic E-state index is 13.7. The monoisotopic (exact) mass is 389 g/mol. The van der Waals surface area contributed by atoms with E-state index in [1.807, 2.05) is 0 Å². The van der Waals surface area contributed by atoms with Crippen molar-refractivity contribution >= 4 is 50.4 Å². The van der Waals surface area contributed by atoms with Gasteiger partial charge in [0.1, 0.15) is 5.82 Å². The molecule has 0 aliphatic carbocycles. The Hall–Kier alpha value is -1.41. The zero-order valence-corrected chi connectivity index (χ0v) is 14.0. The van der Waals surface area contributed by atoms with Crippen LogP contribution in [0.1, 0.15) is 23.7 Å². The van der Waals surface area contributed by atoms with Gasteiger partial charge in [0, 0.05) is 25.6 Å². The van der Waals surface area contributed by atoms with Crippen LogP contribution in [0.4, 0.5) is 10.1 Å². The summed E-state index contributed by atoms with van der Waals surface area (Å²) < 4.78 is 13.8. The molecule has 1 saturated heterocycles. The maximum Gasteiger partial charge on any atom is 0.337 e. The first-order valence-electron chi connectivity index (χ1n) is 6.45. The van der Waals surface area contributed by atoms with Crippen LogP contribution in [-0.2, 0) is 9.59 Å². The van der Waals surface area contributed by atoms with E-state index in [2.05, 4.69) is 15.9 Å². The number of amides is 1. The Morgan fingerprint density at radius 3 is 2.77 bits per heavy atom. The van der Waals surface area contributed by atoms with E-state index in [0.29, 0.717) is 5.75 Å². The van der Waals surface area contributed by atoms with Crippen LogP contribution < -0.4 is 4.90 Å². The van der Waals surface area contributed by atoms with Gasteiger partial charge in [0.05, 0.1) is 15.7 Å². The van der Waals surface area contributed by atoms with Gasteiger partial charge in [-0.2, -0.15) is 0 Å². The topological polar surface area (TPSA) is 74.7 Å². The minimum atomic E-state index is -1.23. The maximum atomic E-state index is 13.7. The van der Waals surface area contributed by atoms with Crippen LogP contribution in [0, 0.1) is 11.7 Å². The van der Waals surface area contributed by atoms with Gasteiger partial charge in [0.2, 0.25) is 5.91 Å². The molecule has 0 aromatic heterocycles. The number of halogens is 2. The minimum absolute atomic E-state index is 0.0315. The van der Waals surface area contributed by atoms with Crippen molar-refractivity contribution in [3.05, 3.63) is 28.0 Å². The van der Waals surface area contributed by atoms with Crippen LogP contribution in [0.2, 0.25) is 0 Å². The third-order valence-electron chi connectivity index (χ3n) is 3.29. The summed E-state index contributed by atoms with van der Waals surface area (Å²) in [6.45, 7) is 1.73. The molecule has 2 rings (SSSR count). The number of thioether (sulfide) groups is 1. The molecule has 22 heavy (non-hydrogen) atoms. The second-order valence-corrected chi connectivity index (χ2v) is 7.02. The summed E-state index contributed by atoms with van der Waals surface area (Å²) in [5, 5.41) is 9.20. The highest BCUT2D eigenvalue weighted by atomic mass is 79.9. The van der Waals surface area contributed by atoms with Gasteiger partial charge < -0.3 is 10.0 Å². The van der Waals surface area contributed by atoms with Gasteiger partial charge in [-0.1, -0.05) is 11.8 Å². The van der Waals surface area contributed by atoms with E-state index in [9.17, 15) is 23.9 Å². The molecule has 0 saturated carbocycles. The van der Waals surface area contributed by atoms with Gasteiger partial charge in [0.15, 0.2) is 5.12 Å². The van der Waals surface area contributed by atoms with Crippen LogP contribution in [0.25, 0.3) is 0 Å². The van der Waals surface area contributed by atoms with Crippen LogP contribution in [0.15, 0.2) is 16.6 Å². The summed E-state index contributed by atoms with van der Waals surface area (Å²) in [6.07, 6.45) is 0.219. The summed E-state index contributed by atoms with van der Waals surface area (Å²) in [6, 6.07) is 2.20. The largest absolute Gasteiger partial charge is 0.478 e. The van der Waals surface area contributed by atoms with E-state index in [1.54, 1.807) is 0 Å². The second-order valence-electron chi connectivity index (χ2n) is 4.97. The predicted molar refractivity (Wildman–Crippen MR) is 84.7 cm³/mol. The van der Waals surface area contributed by atoms with Crippen LogP contribution in [-0.4, -0.2) is 34.4 Å². The van der Waals surface area contributed by atoms with Gasteiger partial charge in [-0.25, -0.2) is 9.18 Å². The average Bonchev–Trinajstić information content (AvgIpc) is 2.80. The molecule has 0 spiro atoms. The zero-order chi connectivity index (χ0) is 16.4. The molecule has 1 aromatic carbocycles. The third-order valence-corrected chi connectivity index (χ3v) is 4.94. The van der Waals surface area contributed by atoms with Crippen molar-refractivity contribution in [3.63, 3.8) is 0 Å². The van der Waals surface area contributed by atoms with Crippen molar-refractivity contribution in [2.75, 3.05) is 17.2 Å². The fraction of sp³-hybridized carbons (Fsp3) is 0.357. The molecule has 1 fully saturated rings. The number of carbonyl (C=O) groups excluding carboxylic acids is 2. The highest BCUT2D eigenvalue weighted by Crippen LogP contribution is 2.33. The van der Waals surface area contributed by atoms with Crippen molar-refractivity contribution in [1.82, 2.24) is 0 Å². The van der Waals surface area contributed by atoms with Crippen LogP contribution in [0.3, 0.4) is 0 Å². The van der Waals surface area contributed by atoms with Crippen molar-refractivity contribution < 1.29 is 23.9 Å². The molecule has 8 heteroatoms. The molecular weight excluding hydrogens is 377 g/mol. The zero-order valence-electron chi connectivity index (χ0n) is 11.6. The van der Waals surface area contributed by atoms with Crippen molar-refractivity contribution in [2.24, 2.45) is 5.92 Å². The molecule has 1 amide bonds. The van der Waals surface area contributed by atoms with E-state index in [-0.39, 0.29) is 45.6 Å². The fourth-order valence-electron chi connectivity index (χ4n) is 2.29. The van der Waals surface area contributed by atoms with Crippen molar-refractivity contribution in [2.45, 2.75) is 13.3 Å². The molecule has 1 heterocycles. The van der Waals surface area contributed by atoms with Crippen LogP contribution >= 0.6 is 27.7 Å². The lowest BCUT2D eigenvalue weighted by Gasteiger charge is -2.19. The molecule has 0 bridgehead atoms. The Balaban J connectivity index is 2.28. The normalized spacial score (nSPS) is 17.9. The molecule has 1 unspecified atom stereocenters. The predicted octanol–water partition coefficient (Wildman–Crippen LogP) is 2.92. The summed E-state index contributed by atoms with van der Waals surface area (Å²) in [4.78, 5) is 35.7. The number of hydrogen-bond acceptors (Lipinski definition) is 4. The summed E-state index contributed by atoms with van der Waals surface area (Å²) in [5.74, 6) is -1.70. The molecule has 5 nitrogen and oxygen atoms in total. The Kier molecular flexibility index (Phi) is 5.23. The third kappa shape index (κ3) is 3.67. The molecule has 1 aromatic rings. The lowest BCUT2D eigenvalue weighted by atomic mass is 10.1. The number of carboxylic acid groups (broad SMARTS) is 1. The van der Waals surface area contributed by atoms with Gasteiger partial charge in [0.25, 0.3) is 0 Å². The van der Waals surface area contributed by atoms with E-state index in [0.717, 1.165) is 23.9 Å². The SMILES string of the molecule is CC(=O)SCC1CC(=O)N(c2cc(F)c(Br)cc2C(=O)O)C1. The Bertz CT molecular complexity index is 652. The summed E-state index contributed by atoms with van der Waals surface area (Å²) in [5.41, 5.74) is -0.0879. The second kappa shape index (κ2) is 6.78. The number of nitrogens with zero attached hydrogens (tertiary/aromatic N) is 1. The number of carbonyl (C=O) groups is 3. The number of hydrogen-bond donors (Lipinski definition) is 1. The van der Waals surface area contributed by atoms with E-state index < -0.39 is 11.8 Å². The molecule has 118 valence electrons. The van der Waals surface area contributed by atoms with Gasteiger partial charge in [-0.05, 0) is 34.0 Å². The lowest BCUT2D eigenvalue weighted by molar-refractivity contribution is -0.117. The van der Waals surface area contributed by atoms with E-state index >= 15 is 0 Å². The average molecular weight is 390 g/mol. The lowest BCUT2D eigenvalue weighted by Crippen LogP contribution is -2.27. The number of carboxylic acids is 1. The fourth-order valence-corrected chi connectivity index (χ4v) is 3.33. The Morgan fingerprint density at radius 1 is 1.50 bits per heavy atom. The molecule has 0 radical (unpaired) electrons. The summed E-state index contributed by atoms with van der Waals surface area (Å²) in [7, 11) is 0. The van der Waals surface area contributed by atoms with Gasteiger partial charge in [-0.15, -0.1) is 0 Å². The molecular formula is C14H13BrFNO4S. The van der Waals surface area contributed by atoms with Crippen molar-refractivity contribution in [3.8, 4) is 0 Å². The molecule has 1 aliphatic rings. The van der Waals surface area contributed by atoms with Gasteiger partial charge >= 0.3 is 5.97 Å². The number of rotatable bonds is 4. The smallest absolute Gasteiger partial charge is 0.337 e.